The van der Waals surface area contributed by atoms with Crippen LogP contribution in [0.4, 0.5) is 0 Å². The van der Waals surface area contributed by atoms with Crippen LogP contribution < -0.4 is 5.32 Å². The van der Waals surface area contributed by atoms with Crippen molar-refractivity contribution >= 4 is 23.2 Å². The highest BCUT2D eigenvalue weighted by Crippen LogP contribution is 2.21. The Balaban J connectivity index is 1.89. The molecule has 1 unspecified atom stereocenters. The smallest absolute Gasteiger partial charge is 0.120 e. The predicted octanol–water partition coefficient (Wildman–Crippen LogP) is 3.52. The molecular formula is C15H15Cl2NO2. The minimum Gasteiger partial charge on any atom is -0.508 e. The zero-order valence-electron chi connectivity index (χ0n) is 10.7. The molecule has 0 saturated heterocycles. The lowest BCUT2D eigenvalue weighted by molar-refractivity contribution is 0.174. The maximum Gasteiger partial charge on any atom is 0.120 e. The summed E-state index contributed by atoms with van der Waals surface area (Å²) in [7, 11) is 0. The van der Waals surface area contributed by atoms with E-state index in [9.17, 15) is 10.2 Å². The lowest BCUT2D eigenvalue weighted by Gasteiger charge is -2.13. The van der Waals surface area contributed by atoms with Gasteiger partial charge in [-0.25, -0.2) is 0 Å². The van der Waals surface area contributed by atoms with Gasteiger partial charge in [0.1, 0.15) is 5.75 Å². The number of hydrogen-bond donors (Lipinski definition) is 3. The van der Waals surface area contributed by atoms with Gasteiger partial charge in [0.15, 0.2) is 0 Å². The summed E-state index contributed by atoms with van der Waals surface area (Å²) in [5.41, 5.74) is 1.48. The van der Waals surface area contributed by atoms with Gasteiger partial charge in [-0.05, 0) is 35.9 Å². The highest BCUT2D eigenvalue weighted by atomic mass is 35.5. The molecule has 0 aliphatic heterocycles. The molecule has 2 aromatic carbocycles. The minimum atomic E-state index is -0.631. The molecule has 0 bridgehead atoms. The van der Waals surface area contributed by atoms with E-state index in [-0.39, 0.29) is 5.75 Å². The molecule has 0 spiro atoms. The molecule has 5 heteroatoms. The van der Waals surface area contributed by atoms with Crippen molar-refractivity contribution in [3.05, 3.63) is 63.6 Å². The van der Waals surface area contributed by atoms with E-state index < -0.39 is 6.10 Å². The molecule has 0 amide bonds. The third-order valence-electron chi connectivity index (χ3n) is 2.95. The number of benzene rings is 2. The van der Waals surface area contributed by atoms with Crippen LogP contribution in [0.5, 0.6) is 5.75 Å². The molecule has 0 radical (unpaired) electrons. The molecule has 3 nitrogen and oxygen atoms in total. The van der Waals surface area contributed by atoms with E-state index in [1.165, 1.54) is 0 Å². The van der Waals surface area contributed by atoms with E-state index in [1.807, 2.05) is 0 Å². The Labute approximate surface area is 127 Å². The number of aliphatic hydroxyl groups is 1. The topological polar surface area (TPSA) is 52.5 Å². The van der Waals surface area contributed by atoms with Crippen LogP contribution >= 0.6 is 23.2 Å². The van der Waals surface area contributed by atoms with Crippen molar-refractivity contribution in [2.45, 2.75) is 12.6 Å². The van der Waals surface area contributed by atoms with Gasteiger partial charge in [0.05, 0.1) is 6.10 Å². The lowest BCUT2D eigenvalue weighted by Crippen LogP contribution is -2.21. The zero-order valence-corrected chi connectivity index (χ0v) is 12.2. The molecule has 0 aromatic heterocycles. The maximum atomic E-state index is 10.0. The fraction of sp³-hybridized carbons (Fsp3) is 0.200. The van der Waals surface area contributed by atoms with Crippen molar-refractivity contribution in [3.63, 3.8) is 0 Å². The van der Waals surface area contributed by atoms with E-state index in [2.05, 4.69) is 5.32 Å². The second-order valence-electron chi connectivity index (χ2n) is 4.47. The Bertz CT molecular complexity index is 573. The Hall–Kier alpha value is -1.26. The van der Waals surface area contributed by atoms with Crippen LogP contribution in [0.3, 0.4) is 0 Å². The molecule has 106 valence electrons. The zero-order chi connectivity index (χ0) is 14.5. The Morgan fingerprint density at radius 1 is 1.00 bits per heavy atom. The van der Waals surface area contributed by atoms with Gasteiger partial charge < -0.3 is 15.5 Å². The largest absolute Gasteiger partial charge is 0.508 e. The number of halogens is 2. The molecule has 0 fully saturated rings. The van der Waals surface area contributed by atoms with Gasteiger partial charge in [0.2, 0.25) is 0 Å². The number of nitrogens with one attached hydrogen (secondary N) is 1. The van der Waals surface area contributed by atoms with Crippen molar-refractivity contribution in [3.8, 4) is 5.75 Å². The molecule has 0 aliphatic carbocycles. The molecular weight excluding hydrogens is 297 g/mol. The summed E-state index contributed by atoms with van der Waals surface area (Å²) in [5, 5.41) is 24.0. The number of phenolic OH excluding ortho intramolecular Hbond substituents is 1. The van der Waals surface area contributed by atoms with Crippen molar-refractivity contribution < 1.29 is 10.2 Å². The first-order chi connectivity index (χ1) is 9.56. The van der Waals surface area contributed by atoms with Crippen LogP contribution in [0.25, 0.3) is 0 Å². The van der Waals surface area contributed by atoms with Gasteiger partial charge in [-0.3, -0.25) is 0 Å². The van der Waals surface area contributed by atoms with Gasteiger partial charge in [-0.15, -0.1) is 0 Å². The number of rotatable bonds is 5. The van der Waals surface area contributed by atoms with Gasteiger partial charge in [0.25, 0.3) is 0 Å². The fourth-order valence-electron chi connectivity index (χ4n) is 1.84. The summed E-state index contributed by atoms with van der Waals surface area (Å²) >= 11 is 11.7. The first kappa shape index (κ1) is 15.1. The molecule has 2 rings (SSSR count). The molecule has 2 aromatic rings. The summed E-state index contributed by atoms with van der Waals surface area (Å²) in [5.74, 6) is 0.183. The van der Waals surface area contributed by atoms with Crippen molar-refractivity contribution in [1.29, 1.82) is 0 Å². The van der Waals surface area contributed by atoms with Crippen LogP contribution in [0.15, 0.2) is 42.5 Å². The highest BCUT2D eigenvalue weighted by molar-refractivity contribution is 6.30. The summed E-state index contributed by atoms with van der Waals surface area (Å²) in [6, 6.07) is 11.9. The molecule has 3 N–H and O–H groups in total. The van der Waals surface area contributed by atoms with Gasteiger partial charge in [-0.1, -0.05) is 35.3 Å². The van der Waals surface area contributed by atoms with Gasteiger partial charge in [0, 0.05) is 28.7 Å². The van der Waals surface area contributed by atoms with E-state index in [0.717, 1.165) is 5.56 Å². The summed E-state index contributed by atoms with van der Waals surface area (Å²) in [6.07, 6.45) is -0.631. The summed E-state index contributed by atoms with van der Waals surface area (Å²) in [6.45, 7) is 0.796. The number of hydrogen-bond acceptors (Lipinski definition) is 3. The third-order valence-corrected chi connectivity index (χ3v) is 3.44. The second-order valence-corrected chi connectivity index (χ2v) is 5.34. The van der Waals surface area contributed by atoms with Crippen LogP contribution in [0, 0.1) is 0 Å². The van der Waals surface area contributed by atoms with Crippen LogP contribution in [0.1, 0.15) is 17.2 Å². The third kappa shape index (κ3) is 4.12. The minimum absolute atomic E-state index is 0.183. The number of aromatic hydroxyl groups is 1. The van der Waals surface area contributed by atoms with Crippen molar-refractivity contribution in [2.75, 3.05) is 6.54 Å². The molecule has 0 heterocycles. The first-order valence-corrected chi connectivity index (χ1v) is 6.93. The van der Waals surface area contributed by atoms with Crippen LogP contribution in [-0.2, 0) is 6.54 Å². The standard InChI is InChI=1S/C15H15Cl2NO2/c16-12-3-1-10(2-4-12)15(20)9-18-8-11-7-13(17)5-6-14(11)19/h1-7,15,18-20H,8-9H2. The number of phenols is 1. The van der Waals surface area contributed by atoms with Crippen molar-refractivity contribution in [2.24, 2.45) is 0 Å². The molecule has 0 saturated carbocycles. The monoisotopic (exact) mass is 311 g/mol. The average Bonchev–Trinajstić information content (AvgIpc) is 2.43. The Morgan fingerprint density at radius 3 is 2.35 bits per heavy atom. The normalized spacial score (nSPS) is 12.3. The Kier molecular flexibility index (Phi) is 5.26. The fourth-order valence-corrected chi connectivity index (χ4v) is 2.16. The van der Waals surface area contributed by atoms with E-state index in [4.69, 9.17) is 23.2 Å². The molecule has 0 aliphatic rings. The maximum absolute atomic E-state index is 10.0. The van der Waals surface area contributed by atoms with Crippen LogP contribution in [-0.4, -0.2) is 16.8 Å². The SMILES string of the molecule is Oc1ccc(Cl)cc1CNCC(O)c1ccc(Cl)cc1. The van der Waals surface area contributed by atoms with E-state index in [0.29, 0.717) is 28.7 Å². The lowest BCUT2D eigenvalue weighted by atomic mass is 10.1. The van der Waals surface area contributed by atoms with E-state index in [1.54, 1.807) is 42.5 Å². The summed E-state index contributed by atoms with van der Waals surface area (Å²) < 4.78 is 0. The quantitative estimate of drug-likeness (QED) is 0.792. The summed E-state index contributed by atoms with van der Waals surface area (Å²) in [4.78, 5) is 0. The molecule has 1 atom stereocenters. The van der Waals surface area contributed by atoms with Crippen LogP contribution in [0.2, 0.25) is 10.0 Å². The van der Waals surface area contributed by atoms with Gasteiger partial charge >= 0.3 is 0 Å². The molecule has 20 heavy (non-hydrogen) atoms. The predicted molar refractivity (Wildman–Crippen MR) is 81.2 cm³/mol. The highest BCUT2D eigenvalue weighted by Gasteiger charge is 2.08. The number of aliphatic hydroxyl groups excluding tert-OH is 1. The van der Waals surface area contributed by atoms with Crippen molar-refractivity contribution in [1.82, 2.24) is 5.32 Å². The second kappa shape index (κ2) is 6.95. The average molecular weight is 312 g/mol. The first-order valence-electron chi connectivity index (χ1n) is 6.18. The van der Waals surface area contributed by atoms with Gasteiger partial charge in [-0.2, -0.15) is 0 Å². The van der Waals surface area contributed by atoms with E-state index >= 15 is 0 Å². The Morgan fingerprint density at radius 2 is 1.65 bits per heavy atom.